The number of nitrogens with one attached hydrogen (secondary N) is 2. The second kappa shape index (κ2) is 9.01. The zero-order chi connectivity index (χ0) is 20.0. The minimum absolute atomic E-state index is 0.105. The Morgan fingerprint density at radius 1 is 0.893 bits per heavy atom. The summed E-state index contributed by atoms with van der Waals surface area (Å²) in [7, 11) is -3.49. The number of rotatable bonds is 8. The van der Waals surface area contributed by atoms with E-state index in [-0.39, 0.29) is 42.0 Å². The van der Waals surface area contributed by atoms with E-state index in [4.69, 9.17) is 0 Å². The van der Waals surface area contributed by atoms with Gasteiger partial charge in [-0.25, -0.2) is 8.42 Å². The second-order valence-corrected chi connectivity index (χ2v) is 8.93. The van der Waals surface area contributed by atoms with Crippen LogP contribution in [0.3, 0.4) is 0 Å². The number of hydrogen-bond acceptors (Lipinski definition) is 4. The smallest absolute Gasteiger partial charge is 0.251 e. The van der Waals surface area contributed by atoms with Crippen molar-refractivity contribution in [2.24, 2.45) is 0 Å². The monoisotopic (exact) mass is 400 g/mol. The summed E-state index contributed by atoms with van der Waals surface area (Å²) in [5.41, 5.74) is 2.86. The summed E-state index contributed by atoms with van der Waals surface area (Å²) in [6, 6.07) is 14.1. The van der Waals surface area contributed by atoms with Crippen LogP contribution < -0.4 is 10.6 Å². The topological polar surface area (TPSA) is 92.3 Å². The number of amides is 2. The number of aryl methyl sites for hydroxylation is 2. The Morgan fingerprint density at radius 3 is 2.39 bits per heavy atom. The quantitative estimate of drug-likeness (QED) is 0.662. The molecule has 2 aromatic carbocycles. The predicted octanol–water partition coefficient (Wildman–Crippen LogP) is 1.89. The van der Waals surface area contributed by atoms with Gasteiger partial charge in [0.15, 0.2) is 9.84 Å². The van der Waals surface area contributed by atoms with Gasteiger partial charge in [-0.05, 0) is 54.7 Å². The van der Waals surface area contributed by atoms with Gasteiger partial charge in [-0.3, -0.25) is 9.59 Å². The molecule has 7 heteroatoms. The van der Waals surface area contributed by atoms with Crippen LogP contribution in [-0.2, 0) is 27.5 Å². The van der Waals surface area contributed by atoms with E-state index in [0.717, 1.165) is 24.8 Å². The molecule has 0 bridgehead atoms. The van der Waals surface area contributed by atoms with Gasteiger partial charge in [0.05, 0.1) is 10.6 Å². The fourth-order valence-corrected chi connectivity index (χ4v) is 4.53. The first-order valence-electron chi connectivity index (χ1n) is 9.40. The zero-order valence-electron chi connectivity index (χ0n) is 15.6. The number of fused-ring (bicyclic) bond motifs is 1. The standard InChI is InChI=1S/C21H24N2O4S/c24-20(22-12-13-23-21(25)17-5-2-1-3-6-17)11-14-28(26,27)19-10-9-16-7-4-8-18(16)15-19/h1-3,5-6,9-10,15H,4,7-8,11-14H2,(H,22,24)(H,23,25). The van der Waals surface area contributed by atoms with E-state index in [1.54, 1.807) is 36.4 Å². The molecule has 6 nitrogen and oxygen atoms in total. The number of sulfone groups is 1. The van der Waals surface area contributed by atoms with Crippen molar-refractivity contribution in [3.05, 3.63) is 65.2 Å². The van der Waals surface area contributed by atoms with Crippen LogP contribution in [0.5, 0.6) is 0 Å². The minimum atomic E-state index is -3.49. The van der Waals surface area contributed by atoms with E-state index in [0.29, 0.717) is 5.56 Å². The molecule has 2 N–H and O–H groups in total. The second-order valence-electron chi connectivity index (χ2n) is 6.82. The van der Waals surface area contributed by atoms with Crippen LogP contribution in [0.15, 0.2) is 53.4 Å². The fourth-order valence-electron chi connectivity index (χ4n) is 3.24. The van der Waals surface area contributed by atoms with Crippen molar-refractivity contribution in [1.82, 2.24) is 10.6 Å². The first kappa shape index (κ1) is 20.1. The van der Waals surface area contributed by atoms with Gasteiger partial charge in [0.2, 0.25) is 5.91 Å². The largest absolute Gasteiger partial charge is 0.354 e. The maximum atomic E-state index is 12.5. The highest BCUT2D eigenvalue weighted by Gasteiger charge is 2.19. The van der Waals surface area contributed by atoms with E-state index in [1.807, 2.05) is 12.1 Å². The first-order valence-corrected chi connectivity index (χ1v) is 11.1. The Hall–Kier alpha value is -2.67. The summed E-state index contributed by atoms with van der Waals surface area (Å²) in [6.07, 6.45) is 2.86. The highest BCUT2D eigenvalue weighted by molar-refractivity contribution is 7.91. The lowest BCUT2D eigenvalue weighted by atomic mass is 10.1. The molecule has 0 aliphatic heterocycles. The summed E-state index contributed by atoms with van der Waals surface area (Å²) in [5.74, 6) is -0.790. The van der Waals surface area contributed by atoms with Gasteiger partial charge >= 0.3 is 0 Å². The normalized spacial score (nSPS) is 13.0. The summed E-state index contributed by atoms with van der Waals surface area (Å²) in [4.78, 5) is 24.1. The SMILES string of the molecule is O=C(CCS(=O)(=O)c1ccc2c(c1)CCC2)NCCNC(=O)c1ccccc1. The lowest BCUT2D eigenvalue weighted by Crippen LogP contribution is -2.35. The van der Waals surface area contributed by atoms with Crippen molar-refractivity contribution in [2.75, 3.05) is 18.8 Å². The van der Waals surface area contributed by atoms with Crippen LogP contribution in [0.1, 0.15) is 34.3 Å². The van der Waals surface area contributed by atoms with E-state index in [9.17, 15) is 18.0 Å². The van der Waals surface area contributed by atoms with Crippen LogP contribution >= 0.6 is 0 Å². The number of hydrogen-bond donors (Lipinski definition) is 2. The molecule has 2 amide bonds. The molecule has 0 aromatic heterocycles. The molecule has 148 valence electrons. The Bertz CT molecular complexity index is 956. The lowest BCUT2D eigenvalue weighted by Gasteiger charge is -2.09. The molecule has 1 aliphatic rings. The van der Waals surface area contributed by atoms with Crippen LogP contribution in [0.2, 0.25) is 0 Å². The van der Waals surface area contributed by atoms with Gasteiger partial charge in [-0.2, -0.15) is 0 Å². The molecule has 1 aliphatic carbocycles. The third-order valence-corrected chi connectivity index (χ3v) is 6.51. The summed E-state index contributed by atoms with van der Waals surface area (Å²) >= 11 is 0. The molecule has 0 saturated carbocycles. The van der Waals surface area contributed by atoms with E-state index < -0.39 is 9.84 Å². The Kier molecular flexibility index (Phi) is 6.46. The van der Waals surface area contributed by atoms with Crippen molar-refractivity contribution in [3.63, 3.8) is 0 Å². The third-order valence-electron chi connectivity index (χ3n) is 4.80. The molecule has 0 atom stereocenters. The van der Waals surface area contributed by atoms with Gasteiger partial charge in [0, 0.05) is 25.1 Å². The highest BCUT2D eigenvalue weighted by Crippen LogP contribution is 2.25. The van der Waals surface area contributed by atoms with E-state index >= 15 is 0 Å². The number of carbonyl (C=O) groups is 2. The van der Waals surface area contributed by atoms with Crippen molar-refractivity contribution in [2.45, 2.75) is 30.6 Å². The molecule has 0 unspecified atom stereocenters. The van der Waals surface area contributed by atoms with Gasteiger partial charge < -0.3 is 10.6 Å². The molecule has 0 heterocycles. The molecule has 28 heavy (non-hydrogen) atoms. The predicted molar refractivity (Wildman–Crippen MR) is 107 cm³/mol. The molecule has 0 radical (unpaired) electrons. The first-order chi connectivity index (χ1) is 13.5. The third kappa shape index (κ3) is 5.19. The van der Waals surface area contributed by atoms with Gasteiger partial charge in [0.1, 0.15) is 0 Å². The van der Waals surface area contributed by atoms with Crippen molar-refractivity contribution in [3.8, 4) is 0 Å². The summed E-state index contributed by atoms with van der Waals surface area (Å²) in [6.45, 7) is 0.521. The summed E-state index contributed by atoms with van der Waals surface area (Å²) in [5, 5.41) is 5.34. The van der Waals surface area contributed by atoms with Crippen LogP contribution in [0.4, 0.5) is 0 Å². The number of carbonyl (C=O) groups excluding carboxylic acids is 2. The average Bonchev–Trinajstić information content (AvgIpc) is 3.18. The average molecular weight is 401 g/mol. The zero-order valence-corrected chi connectivity index (χ0v) is 16.4. The maximum absolute atomic E-state index is 12.5. The maximum Gasteiger partial charge on any atom is 0.251 e. The molecule has 0 spiro atoms. The molecular formula is C21H24N2O4S. The van der Waals surface area contributed by atoms with Gasteiger partial charge in [-0.15, -0.1) is 0 Å². The Morgan fingerprint density at radius 2 is 1.61 bits per heavy atom. The summed E-state index contributed by atoms with van der Waals surface area (Å²) < 4.78 is 25.0. The van der Waals surface area contributed by atoms with Crippen molar-refractivity contribution < 1.29 is 18.0 Å². The molecule has 2 aromatic rings. The molecule has 0 saturated heterocycles. The fraction of sp³-hybridized carbons (Fsp3) is 0.333. The van der Waals surface area contributed by atoms with Crippen molar-refractivity contribution in [1.29, 1.82) is 0 Å². The number of benzene rings is 2. The molecular weight excluding hydrogens is 376 g/mol. The van der Waals surface area contributed by atoms with Crippen LogP contribution in [0, 0.1) is 0 Å². The van der Waals surface area contributed by atoms with E-state index in [2.05, 4.69) is 10.6 Å². The lowest BCUT2D eigenvalue weighted by molar-refractivity contribution is -0.120. The molecule has 3 rings (SSSR count). The Balaban J connectivity index is 1.41. The van der Waals surface area contributed by atoms with Gasteiger partial charge in [0.25, 0.3) is 5.91 Å². The van der Waals surface area contributed by atoms with Gasteiger partial charge in [-0.1, -0.05) is 24.3 Å². The van der Waals surface area contributed by atoms with Crippen LogP contribution in [-0.4, -0.2) is 39.1 Å². The van der Waals surface area contributed by atoms with E-state index in [1.165, 1.54) is 5.56 Å². The molecule has 0 fully saturated rings. The Labute approximate surface area is 165 Å². The van der Waals surface area contributed by atoms with Crippen molar-refractivity contribution >= 4 is 21.7 Å². The minimum Gasteiger partial charge on any atom is -0.354 e. The van der Waals surface area contributed by atoms with Crippen LogP contribution in [0.25, 0.3) is 0 Å². The highest BCUT2D eigenvalue weighted by atomic mass is 32.2.